The zero-order chi connectivity index (χ0) is 18.8. The van der Waals surface area contributed by atoms with Crippen LogP contribution in [0.4, 0.5) is 0 Å². The quantitative estimate of drug-likeness (QED) is 0.638. The zero-order valence-corrected chi connectivity index (χ0v) is 16.6. The number of imidazole rings is 1. The maximum Gasteiger partial charge on any atom is 0.134 e. The Hall–Kier alpha value is -2.66. The molecule has 1 aliphatic heterocycles. The average molecular weight is 377 g/mol. The molecule has 0 aliphatic carbocycles. The van der Waals surface area contributed by atoms with Crippen LogP contribution in [-0.2, 0) is 7.05 Å². The minimum absolute atomic E-state index is 0.396. The molecule has 1 aromatic heterocycles. The van der Waals surface area contributed by atoms with E-state index in [0.717, 1.165) is 5.03 Å². The maximum absolute atomic E-state index is 4.31. The standard InChI is InChI=1S/C22H24N4S/c1-15-6-4-5-7-19(15)17-8-10-18(11-9-17)22-16(2)25-20(22)12-24-27-21-13-26(3)14-23-21/h4-14,16,22,24-25H,1-3H3/b20-12-. The van der Waals surface area contributed by atoms with Gasteiger partial charge >= 0.3 is 0 Å². The molecule has 2 unspecified atom stereocenters. The van der Waals surface area contributed by atoms with Crippen LogP contribution < -0.4 is 10.0 Å². The molecule has 0 bridgehead atoms. The zero-order valence-electron chi connectivity index (χ0n) is 15.8. The van der Waals surface area contributed by atoms with Crippen molar-refractivity contribution in [2.75, 3.05) is 0 Å². The highest BCUT2D eigenvalue weighted by molar-refractivity contribution is 7.97. The van der Waals surface area contributed by atoms with Crippen molar-refractivity contribution in [3.63, 3.8) is 0 Å². The van der Waals surface area contributed by atoms with E-state index in [9.17, 15) is 0 Å². The van der Waals surface area contributed by atoms with Crippen molar-refractivity contribution in [2.24, 2.45) is 7.05 Å². The van der Waals surface area contributed by atoms with Gasteiger partial charge in [0.25, 0.3) is 0 Å². The molecular formula is C22H24N4S. The van der Waals surface area contributed by atoms with Crippen molar-refractivity contribution in [2.45, 2.75) is 30.8 Å². The van der Waals surface area contributed by atoms with Gasteiger partial charge in [-0.3, -0.25) is 0 Å². The van der Waals surface area contributed by atoms with Crippen molar-refractivity contribution in [3.8, 4) is 11.1 Å². The monoisotopic (exact) mass is 376 g/mol. The molecule has 1 saturated heterocycles. The van der Waals surface area contributed by atoms with E-state index >= 15 is 0 Å². The number of rotatable bonds is 5. The summed E-state index contributed by atoms with van der Waals surface area (Å²) < 4.78 is 5.24. The van der Waals surface area contributed by atoms with Gasteiger partial charge in [0.15, 0.2) is 0 Å². The summed E-state index contributed by atoms with van der Waals surface area (Å²) in [5.41, 5.74) is 6.43. The number of hydrogen-bond acceptors (Lipinski definition) is 4. The highest BCUT2D eigenvalue weighted by Gasteiger charge is 2.33. The first-order valence-electron chi connectivity index (χ1n) is 9.15. The Kier molecular flexibility index (Phi) is 4.94. The minimum Gasteiger partial charge on any atom is -0.383 e. The van der Waals surface area contributed by atoms with Crippen LogP contribution in [0.2, 0.25) is 0 Å². The number of aryl methyl sites for hydroxylation is 2. The number of nitrogens with one attached hydrogen (secondary N) is 2. The van der Waals surface area contributed by atoms with Crippen molar-refractivity contribution in [1.29, 1.82) is 0 Å². The van der Waals surface area contributed by atoms with E-state index < -0.39 is 0 Å². The normalized spacial score (nSPS) is 20.2. The molecule has 2 aromatic carbocycles. The molecule has 1 aliphatic rings. The summed E-state index contributed by atoms with van der Waals surface area (Å²) in [6, 6.07) is 17.9. The van der Waals surface area contributed by atoms with Crippen molar-refractivity contribution >= 4 is 11.9 Å². The van der Waals surface area contributed by atoms with Gasteiger partial charge in [0.1, 0.15) is 5.03 Å². The fourth-order valence-electron chi connectivity index (χ4n) is 3.57. The van der Waals surface area contributed by atoms with Crippen LogP contribution in [0.3, 0.4) is 0 Å². The summed E-state index contributed by atoms with van der Waals surface area (Å²) in [4.78, 5) is 4.31. The van der Waals surface area contributed by atoms with Crippen LogP contribution in [0, 0.1) is 6.92 Å². The molecule has 4 nitrogen and oxygen atoms in total. The molecule has 4 rings (SSSR count). The third-order valence-corrected chi connectivity index (χ3v) is 5.67. The fourth-order valence-corrected chi connectivity index (χ4v) is 4.20. The number of benzene rings is 2. The number of nitrogens with zero attached hydrogens (tertiary/aromatic N) is 2. The molecule has 2 N–H and O–H groups in total. The minimum atomic E-state index is 0.396. The topological polar surface area (TPSA) is 41.9 Å². The fraction of sp³-hybridized carbons (Fsp3) is 0.227. The maximum atomic E-state index is 4.31. The Morgan fingerprint density at radius 3 is 2.59 bits per heavy atom. The van der Waals surface area contributed by atoms with Crippen LogP contribution in [-0.4, -0.2) is 15.6 Å². The number of aromatic nitrogens is 2. The summed E-state index contributed by atoms with van der Waals surface area (Å²) >= 11 is 1.52. The van der Waals surface area contributed by atoms with Crippen LogP contribution in [0.25, 0.3) is 11.1 Å². The van der Waals surface area contributed by atoms with Gasteiger partial charge in [0.2, 0.25) is 0 Å². The van der Waals surface area contributed by atoms with Crippen LogP contribution in [0.5, 0.6) is 0 Å². The second kappa shape index (κ2) is 7.53. The van der Waals surface area contributed by atoms with E-state index in [1.165, 1.54) is 39.9 Å². The molecule has 0 radical (unpaired) electrons. The van der Waals surface area contributed by atoms with Gasteiger partial charge in [-0.1, -0.05) is 48.5 Å². The molecule has 3 aromatic rings. The predicted molar refractivity (Wildman–Crippen MR) is 112 cm³/mol. The van der Waals surface area contributed by atoms with E-state index in [4.69, 9.17) is 0 Å². The molecular weight excluding hydrogens is 352 g/mol. The summed E-state index contributed by atoms with van der Waals surface area (Å²) in [6.45, 7) is 4.39. The van der Waals surface area contributed by atoms with Crippen molar-refractivity contribution in [1.82, 2.24) is 19.6 Å². The molecule has 138 valence electrons. The van der Waals surface area contributed by atoms with Crippen LogP contribution in [0.1, 0.15) is 24.0 Å². The first kappa shape index (κ1) is 17.7. The van der Waals surface area contributed by atoms with Gasteiger partial charge in [0, 0.05) is 49.0 Å². The van der Waals surface area contributed by atoms with Gasteiger partial charge in [-0.2, -0.15) is 0 Å². The highest BCUT2D eigenvalue weighted by Crippen LogP contribution is 2.36. The SMILES string of the molecule is Cc1ccccc1-c1ccc(C2/C(=C/NSc3cn(C)cn3)NC2C)cc1. The van der Waals surface area contributed by atoms with Crippen molar-refractivity contribution in [3.05, 3.63) is 84.1 Å². The Morgan fingerprint density at radius 1 is 1.15 bits per heavy atom. The third kappa shape index (κ3) is 3.74. The lowest BCUT2D eigenvalue weighted by atomic mass is 9.82. The van der Waals surface area contributed by atoms with Gasteiger partial charge in [-0.25, -0.2) is 4.98 Å². The largest absolute Gasteiger partial charge is 0.383 e. The third-order valence-electron chi connectivity index (χ3n) is 5.01. The lowest BCUT2D eigenvalue weighted by molar-refractivity contribution is 0.412. The summed E-state index contributed by atoms with van der Waals surface area (Å²) in [5, 5.41) is 4.46. The Balaban J connectivity index is 1.46. The lowest BCUT2D eigenvalue weighted by Crippen LogP contribution is -2.47. The second-order valence-corrected chi connectivity index (χ2v) is 7.90. The number of hydrogen-bond donors (Lipinski definition) is 2. The van der Waals surface area contributed by atoms with Crippen LogP contribution in [0.15, 0.2) is 78.0 Å². The Labute approximate surface area is 164 Å². The Bertz CT molecular complexity index is 958. The average Bonchev–Trinajstić information content (AvgIpc) is 3.07. The summed E-state index contributed by atoms with van der Waals surface area (Å²) in [5.74, 6) is 0.396. The first-order valence-corrected chi connectivity index (χ1v) is 9.96. The summed E-state index contributed by atoms with van der Waals surface area (Å²) in [6.07, 6.45) is 5.85. The van der Waals surface area contributed by atoms with Gasteiger partial charge in [-0.05, 0) is 36.1 Å². The van der Waals surface area contributed by atoms with E-state index in [1.54, 1.807) is 6.33 Å². The molecule has 5 heteroatoms. The highest BCUT2D eigenvalue weighted by atomic mass is 32.2. The predicted octanol–water partition coefficient (Wildman–Crippen LogP) is 4.61. The van der Waals surface area contributed by atoms with Gasteiger partial charge < -0.3 is 14.6 Å². The Morgan fingerprint density at radius 2 is 1.93 bits per heavy atom. The van der Waals surface area contributed by atoms with Gasteiger partial charge in [0.05, 0.1) is 6.33 Å². The molecule has 27 heavy (non-hydrogen) atoms. The van der Waals surface area contributed by atoms with Crippen LogP contribution >= 0.6 is 11.9 Å². The second-order valence-electron chi connectivity index (χ2n) is 7.04. The molecule has 0 spiro atoms. The lowest BCUT2D eigenvalue weighted by Gasteiger charge is -2.40. The van der Waals surface area contributed by atoms with E-state index in [-0.39, 0.29) is 0 Å². The molecule has 0 saturated carbocycles. The molecule has 0 amide bonds. The van der Waals surface area contributed by atoms with E-state index in [1.807, 2.05) is 17.8 Å². The van der Waals surface area contributed by atoms with Gasteiger partial charge in [-0.15, -0.1) is 0 Å². The smallest absolute Gasteiger partial charge is 0.134 e. The molecule has 2 heterocycles. The molecule has 1 fully saturated rings. The van der Waals surface area contributed by atoms with E-state index in [0.29, 0.717) is 12.0 Å². The van der Waals surface area contributed by atoms with E-state index in [2.05, 4.69) is 83.6 Å². The van der Waals surface area contributed by atoms with Crippen molar-refractivity contribution < 1.29 is 0 Å². The molecule has 2 atom stereocenters. The summed E-state index contributed by atoms with van der Waals surface area (Å²) in [7, 11) is 1.97. The first-order chi connectivity index (χ1) is 13.1.